The molecular weight excluding hydrogens is 202 g/mol. The minimum Gasteiger partial charge on any atom is -0.339 e. The summed E-state index contributed by atoms with van der Waals surface area (Å²) >= 11 is 0. The lowest BCUT2D eigenvalue weighted by Gasteiger charge is -2.20. The van der Waals surface area contributed by atoms with E-state index >= 15 is 0 Å². The first-order chi connectivity index (χ1) is 7.74. The van der Waals surface area contributed by atoms with Crippen molar-refractivity contribution in [2.45, 2.75) is 39.5 Å². The minimum atomic E-state index is 0.576. The molecule has 4 nitrogen and oxygen atoms in total. The van der Waals surface area contributed by atoms with Crippen molar-refractivity contribution in [3.8, 4) is 0 Å². The fraction of sp³-hybridized carbons (Fsp3) is 0.833. The van der Waals surface area contributed by atoms with Crippen LogP contribution in [-0.2, 0) is 12.8 Å². The first-order valence-electron chi connectivity index (χ1n) is 6.26. The zero-order chi connectivity index (χ0) is 11.4. The second-order valence-electron chi connectivity index (χ2n) is 5.10. The second-order valence-corrected chi connectivity index (χ2v) is 5.10. The summed E-state index contributed by atoms with van der Waals surface area (Å²) in [4.78, 5) is 4.45. The lowest BCUT2D eigenvalue weighted by Crippen LogP contribution is -2.28. The number of aromatic nitrogens is 2. The van der Waals surface area contributed by atoms with E-state index in [0.717, 1.165) is 43.6 Å². The van der Waals surface area contributed by atoms with Crippen molar-refractivity contribution < 1.29 is 4.52 Å². The summed E-state index contributed by atoms with van der Waals surface area (Å²) in [6, 6.07) is 0. The van der Waals surface area contributed by atoms with Gasteiger partial charge in [-0.2, -0.15) is 4.98 Å². The van der Waals surface area contributed by atoms with Gasteiger partial charge in [-0.05, 0) is 37.8 Å². The van der Waals surface area contributed by atoms with E-state index in [1.54, 1.807) is 0 Å². The molecule has 16 heavy (non-hydrogen) atoms. The first-order valence-corrected chi connectivity index (χ1v) is 6.26. The molecule has 1 aliphatic rings. The maximum atomic E-state index is 5.24. The van der Waals surface area contributed by atoms with Crippen LogP contribution >= 0.6 is 0 Å². The molecule has 0 bridgehead atoms. The number of piperidine rings is 1. The van der Waals surface area contributed by atoms with Gasteiger partial charge >= 0.3 is 0 Å². The Morgan fingerprint density at radius 3 is 2.81 bits per heavy atom. The molecule has 0 aliphatic carbocycles. The van der Waals surface area contributed by atoms with Gasteiger partial charge in [0.15, 0.2) is 5.82 Å². The van der Waals surface area contributed by atoms with Gasteiger partial charge in [-0.1, -0.05) is 19.0 Å². The molecule has 1 fully saturated rings. The third kappa shape index (κ3) is 3.30. The molecule has 1 aliphatic heterocycles. The topological polar surface area (TPSA) is 51.0 Å². The molecular formula is C12H21N3O. The number of rotatable bonds is 4. The normalized spacial score (nSPS) is 18.2. The molecule has 0 aromatic carbocycles. The number of hydrogen-bond donors (Lipinski definition) is 1. The standard InChI is InChI=1S/C12H21N3O/c1-9(2)7-12-14-11(15-16-12)8-10-3-5-13-6-4-10/h9-10,13H,3-8H2,1-2H3. The molecule has 2 rings (SSSR count). The Labute approximate surface area is 96.8 Å². The number of hydrogen-bond acceptors (Lipinski definition) is 4. The predicted molar refractivity (Wildman–Crippen MR) is 62.1 cm³/mol. The van der Waals surface area contributed by atoms with Crippen LogP contribution in [0.5, 0.6) is 0 Å². The average molecular weight is 223 g/mol. The molecule has 0 spiro atoms. The summed E-state index contributed by atoms with van der Waals surface area (Å²) in [5.41, 5.74) is 0. The Hall–Kier alpha value is -0.900. The largest absolute Gasteiger partial charge is 0.339 e. The van der Waals surface area contributed by atoms with E-state index in [0.29, 0.717) is 5.92 Å². The van der Waals surface area contributed by atoms with Crippen LogP contribution < -0.4 is 5.32 Å². The summed E-state index contributed by atoms with van der Waals surface area (Å²) in [6.07, 6.45) is 4.32. The molecule has 4 heteroatoms. The maximum absolute atomic E-state index is 5.24. The lowest BCUT2D eigenvalue weighted by atomic mass is 9.94. The molecule has 0 radical (unpaired) electrons. The molecule has 1 N–H and O–H groups in total. The van der Waals surface area contributed by atoms with Gasteiger partial charge in [0, 0.05) is 12.8 Å². The van der Waals surface area contributed by atoms with Crippen LogP contribution in [0.1, 0.15) is 38.4 Å². The summed E-state index contributed by atoms with van der Waals surface area (Å²) in [5.74, 6) is 2.99. The molecule has 90 valence electrons. The van der Waals surface area contributed by atoms with Gasteiger partial charge in [0.05, 0.1) is 0 Å². The third-order valence-electron chi connectivity index (χ3n) is 3.02. The van der Waals surface area contributed by atoms with Crippen molar-refractivity contribution in [2.75, 3.05) is 13.1 Å². The average Bonchev–Trinajstić information content (AvgIpc) is 2.66. The van der Waals surface area contributed by atoms with Crippen molar-refractivity contribution in [3.05, 3.63) is 11.7 Å². The Morgan fingerprint density at radius 1 is 1.38 bits per heavy atom. The van der Waals surface area contributed by atoms with Crippen LogP contribution in [0.3, 0.4) is 0 Å². The maximum Gasteiger partial charge on any atom is 0.226 e. The molecule has 0 unspecified atom stereocenters. The smallest absolute Gasteiger partial charge is 0.226 e. The van der Waals surface area contributed by atoms with E-state index in [4.69, 9.17) is 4.52 Å². The lowest BCUT2D eigenvalue weighted by molar-refractivity contribution is 0.341. The second kappa shape index (κ2) is 5.43. The molecule has 0 amide bonds. The van der Waals surface area contributed by atoms with Gasteiger partial charge in [0.2, 0.25) is 5.89 Å². The van der Waals surface area contributed by atoms with E-state index in [9.17, 15) is 0 Å². The van der Waals surface area contributed by atoms with Gasteiger partial charge < -0.3 is 9.84 Å². The van der Waals surface area contributed by atoms with Gasteiger partial charge in [0.25, 0.3) is 0 Å². The van der Waals surface area contributed by atoms with Crippen LogP contribution in [0.4, 0.5) is 0 Å². The highest BCUT2D eigenvalue weighted by molar-refractivity contribution is 4.90. The van der Waals surface area contributed by atoms with Crippen molar-refractivity contribution in [1.82, 2.24) is 15.5 Å². The molecule has 0 saturated carbocycles. The fourth-order valence-electron chi connectivity index (χ4n) is 2.15. The van der Waals surface area contributed by atoms with Crippen LogP contribution in [0.25, 0.3) is 0 Å². The Morgan fingerprint density at radius 2 is 2.12 bits per heavy atom. The molecule has 0 atom stereocenters. The van der Waals surface area contributed by atoms with Crippen molar-refractivity contribution in [2.24, 2.45) is 11.8 Å². The molecule has 2 heterocycles. The zero-order valence-electron chi connectivity index (χ0n) is 10.2. The van der Waals surface area contributed by atoms with Crippen LogP contribution in [0.2, 0.25) is 0 Å². The van der Waals surface area contributed by atoms with E-state index < -0.39 is 0 Å². The summed E-state index contributed by atoms with van der Waals surface area (Å²) in [6.45, 7) is 6.58. The number of nitrogens with zero attached hydrogens (tertiary/aromatic N) is 2. The van der Waals surface area contributed by atoms with Crippen molar-refractivity contribution in [3.63, 3.8) is 0 Å². The fourth-order valence-corrected chi connectivity index (χ4v) is 2.15. The zero-order valence-corrected chi connectivity index (χ0v) is 10.2. The highest BCUT2D eigenvalue weighted by atomic mass is 16.5. The highest BCUT2D eigenvalue weighted by Crippen LogP contribution is 2.16. The van der Waals surface area contributed by atoms with E-state index in [2.05, 4.69) is 29.3 Å². The van der Waals surface area contributed by atoms with Crippen molar-refractivity contribution >= 4 is 0 Å². The van der Waals surface area contributed by atoms with Crippen LogP contribution in [0.15, 0.2) is 4.52 Å². The molecule has 1 aromatic heterocycles. The van der Waals surface area contributed by atoms with E-state index in [-0.39, 0.29) is 0 Å². The summed E-state index contributed by atoms with van der Waals surface area (Å²) in [7, 11) is 0. The third-order valence-corrected chi connectivity index (χ3v) is 3.02. The van der Waals surface area contributed by atoms with Crippen LogP contribution in [-0.4, -0.2) is 23.2 Å². The summed E-state index contributed by atoms with van der Waals surface area (Å²) < 4.78 is 5.24. The van der Waals surface area contributed by atoms with E-state index in [1.165, 1.54) is 12.8 Å². The SMILES string of the molecule is CC(C)Cc1nc(CC2CCNCC2)no1. The highest BCUT2D eigenvalue weighted by Gasteiger charge is 2.17. The number of nitrogens with one attached hydrogen (secondary N) is 1. The Bertz CT molecular complexity index is 316. The molecule has 1 saturated heterocycles. The quantitative estimate of drug-likeness (QED) is 0.845. The van der Waals surface area contributed by atoms with Gasteiger partial charge in [-0.25, -0.2) is 0 Å². The summed E-state index contributed by atoms with van der Waals surface area (Å²) in [5, 5.41) is 7.42. The monoisotopic (exact) mass is 223 g/mol. The minimum absolute atomic E-state index is 0.576. The first kappa shape index (κ1) is 11.6. The van der Waals surface area contributed by atoms with Gasteiger partial charge in [-0.3, -0.25) is 0 Å². The predicted octanol–water partition coefficient (Wildman–Crippen LogP) is 1.81. The molecule has 1 aromatic rings. The Kier molecular flexibility index (Phi) is 3.93. The van der Waals surface area contributed by atoms with Gasteiger partial charge in [0.1, 0.15) is 0 Å². The Balaban J connectivity index is 1.86. The van der Waals surface area contributed by atoms with Crippen molar-refractivity contribution in [1.29, 1.82) is 0 Å². The van der Waals surface area contributed by atoms with Gasteiger partial charge in [-0.15, -0.1) is 0 Å². The van der Waals surface area contributed by atoms with Crippen LogP contribution in [0, 0.1) is 11.8 Å². The van der Waals surface area contributed by atoms with E-state index in [1.807, 2.05) is 0 Å².